The van der Waals surface area contributed by atoms with E-state index in [1.165, 1.54) is 0 Å². The highest BCUT2D eigenvalue weighted by atomic mass is 32.2. The Balaban J connectivity index is 1.51. The highest BCUT2D eigenvalue weighted by molar-refractivity contribution is 7.90. The highest BCUT2D eigenvalue weighted by Crippen LogP contribution is 2.30. The fourth-order valence-corrected chi connectivity index (χ4v) is 5.64. The average molecular weight is 480 g/mol. The van der Waals surface area contributed by atoms with Crippen molar-refractivity contribution in [2.24, 2.45) is 5.92 Å². The second-order valence-electron chi connectivity index (χ2n) is 10.5. The van der Waals surface area contributed by atoms with Gasteiger partial charge >= 0.3 is 0 Å². The Labute approximate surface area is 199 Å². The number of sulfonamides is 1. The molecular formula is C25H41N3O4S. The van der Waals surface area contributed by atoms with Gasteiger partial charge in [-0.2, -0.15) is 0 Å². The molecule has 1 heterocycles. The molecule has 3 rings (SSSR count). The summed E-state index contributed by atoms with van der Waals surface area (Å²) >= 11 is 0. The maximum absolute atomic E-state index is 12.8. The second-order valence-corrected chi connectivity index (χ2v) is 12.9. The summed E-state index contributed by atoms with van der Waals surface area (Å²) in [6.45, 7) is 11.9. The summed E-state index contributed by atoms with van der Waals surface area (Å²) in [6.07, 6.45) is 4.72. The van der Waals surface area contributed by atoms with Crippen LogP contribution in [0.1, 0.15) is 73.1 Å². The van der Waals surface area contributed by atoms with Crippen LogP contribution in [-0.2, 0) is 19.6 Å². The number of nitrogens with zero attached hydrogens (tertiary/aromatic N) is 1. The molecule has 0 aromatic heterocycles. The van der Waals surface area contributed by atoms with Gasteiger partial charge in [0.2, 0.25) is 15.9 Å². The third-order valence-corrected chi connectivity index (χ3v) is 9.52. The van der Waals surface area contributed by atoms with Crippen LogP contribution in [0.2, 0.25) is 0 Å². The molecule has 33 heavy (non-hydrogen) atoms. The van der Waals surface area contributed by atoms with E-state index in [0.717, 1.165) is 43.9 Å². The van der Waals surface area contributed by atoms with Crippen molar-refractivity contribution < 1.29 is 17.9 Å². The van der Waals surface area contributed by atoms with Gasteiger partial charge < -0.3 is 15.0 Å². The molecule has 2 aliphatic rings. The van der Waals surface area contributed by atoms with Crippen molar-refractivity contribution in [1.29, 1.82) is 0 Å². The number of rotatable bonds is 7. The van der Waals surface area contributed by atoms with Gasteiger partial charge in [-0.15, -0.1) is 0 Å². The van der Waals surface area contributed by atoms with Gasteiger partial charge in [0, 0.05) is 36.4 Å². The highest BCUT2D eigenvalue weighted by Gasteiger charge is 2.35. The van der Waals surface area contributed by atoms with Gasteiger partial charge in [-0.25, -0.2) is 13.1 Å². The van der Waals surface area contributed by atoms with E-state index >= 15 is 0 Å². The molecule has 1 amide bonds. The van der Waals surface area contributed by atoms with E-state index in [4.69, 9.17) is 4.74 Å². The molecular weight excluding hydrogens is 438 g/mol. The zero-order chi connectivity index (χ0) is 24.3. The van der Waals surface area contributed by atoms with E-state index in [0.29, 0.717) is 25.7 Å². The van der Waals surface area contributed by atoms with E-state index in [-0.39, 0.29) is 23.5 Å². The first-order valence-electron chi connectivity index (χ1n) is 12.3. The number of ether oxygens (including phenoxy) is 1. The number of carbonyl (C=O) groups excluding carboxylic acids is 1. The lowest BCUT2D eigenvalue weighted by Crippen LogP contribution is -2.51. The Morgan fingerprint density at radius 3 is 2.24 bits per heavy atom. The number of anilines is 2. The smallest absolute Gasteiger partial charge is 0.227 e. The number of hydrogen-bond acceptors (Lipinski definition) is 5. The molecule has 7 nitrogen and oxygen atoms in total. The second kappa shape index (κ2) is 10.3. The van der Waals surface area contributed by atoms with Gasteiger partial charge in [0.1, 0.15) is 0 Å². The van der Waals surface area contributed by atoms with Crippen molar-refractivity contribution >= 4 is 27.3 Å². The topological polar surface area (TPSA) is 87.7 Å². The van der Waals surface area contributed by atoms with E-state index in [2.05, 4.69) is 40.9 Å². The number of morpholine rings is 1. The minimum Gasteiger partial charge on any atom is -0.371 e. The molecule has 2 fully saturated rings. The lowest BCUT2D eigenvalue weighted by atomic mass is 9.86. The van der Waals surface area contributed by atoms with Crippen LogP contribution in [-0.4, -0.2) is 50.4 Å². The first-order chi connectivity index (χ1) is 15.5. The van der Waals surface area contributed by atoms with Crippen LogP contribution in [0.3, 0.4) is 0 Å². The van der Waals surface area contributed by atoms with Gasteiger partial charge in [0.05, 0.1) is 17.0 Å². The van der Waals surface area contributed by atoms with Gasteiger partial charge in [0.25, 0.3) is 0 Å². The maximum Gasteiger partial charge on any atom is 0.227 e. The zero-order valence-corrected chi connectivity index (χ0v) is 21.6. The third kappa shape index (κ3) is 6.28. The molecule has 1 aromatic carbocycles. The summed E-state index contributed by atoms with van der Waals surface area (Å²) in [4.78, 5) is 15.2. The number of hydrogen-bond donors (Lipinski definition) is 2. The first-order valence-corrected chi connectivity index (χ1v) is 13.8. The SMILES string of the molecule is CCC1(CC)CN(c2ccc(NC(=O)C3CCC(NS(=O)(=O)C(C)(C)C)CC3)cc2)CCO1. The molecule has 8 heteroatoms. The summed E-state index contributed by atoms with van der Waals surface area (Å²) in [6, 6.07) is 7.96. The molecule has 0 spiro atoms. The van der Waals surface area contributed by atoms with Crippen molar-refractivity contribution in [1.82, 2.24) is 4.72 Å². The summed E-state index contributed by atoms with van der Waals surface area (Å²) in [5.74, 6) is -0.0729. The maximum atomic E-state index is 12.8. The summed E-state index contributed by atoms with van der Waals surface area (Å²) < 4.78 is 32.8. The molecule has 2 N–H and O–H groups in total. The molecule has 1 aliphatic heterocycles. The summed E-state index contributed by atoms with van der Waals surface area (Å²) in [7, 11) is -3.37. The normalized spacial score (nSPS) is 23.8. The predicted octanol–water partition coefficient (Wildman–Crippen LogP) is 4.30. The van der Waals surface area contributed by atoms with Gasteiger partial charge in [0.15, 0.2) is 0 Å². The van der Waals surface area contributed by atoms with Crippen LogP contribution >= 0.6 is 0 Å². The molecule has 186 valence electrons. The number of amides is 1. The monoisotopic (exact) mass is 479 g/mol. The number of nitrogens with one attached hydrogen (secondary N) is 2. The van der Waals surface area contributed by atoms with E-state index in [9.17, 15) is 13.2 Å². The van der Waals surface area contributed by atoms with Crippen molar-refractivity contribution in [3.8, 4) is 0 Å². The van der Waals surface area contributed by atoms with Crippen molar-refractivity contribution in [3.63, 3.8) is 0 Å². The van der Waals surface area contributed by atoms with Crippen molar-refractivity contribution in [3.05, 3.63) is 24.3 Å². The quantitative estimate of drug-likeness (QED) is 0.609. The fourth-order valence-electron chi connectivity index (χ4n) is 4.61. The van der Waals surface area contributed by atoms with Crippen LogP contribution in [0, 0.1) is 5.92 Å². The van der Waals surface area contributed by atoms with Gasteiger partial charge in [-0.05, 0) is 83.6 Å². The van der Waals surface area contributed by atoms with E-state index in [1.807, 2.05) is 12.1 Å². The summed E-state index contributed by atoms with van der Waals surface area (Å²) in [5, 5.41) is 3.05. The molecule has 1 saturated heterocycles. The number of carbonyl (C=O) groups is 1. The minimum absolute atomic E-state index is 0.0160. The Morgan fingerprint density at radius 2 is 1.70 bits per heavy atom. The first kappa shape index (κ1) is 26.0. The summed E-state index contributed by atoms with van der Waals surface area (Å²) in [5.41, 5.74) is 1.87. The third-order valence-electron chi connectivity index (χ3n) is 7.26. The Morgan fingerprint density at radius 1 is 1.09 bits per heavy atom. The Kier molecular flexibility index (Phi) is 8.12. The van der Waals surface area contributed by atoms with Gasteiger partial charge in [-0.1, -0.05) is 13.8 Å². The largest absolute Gasteiger partial charge is 0.371 e. The van der Waals surface area contributed by atoms with Crippen LogP contribution in [0.5, 0.6) is 0 Å². The molecule has 1 aromatic rings. The molecule has 0 radical (unpaired) electrons. The predicted molar refractivity (Wildman–Crippen MR) is 134 cm³/mol. The molecule has 0 bridgehead atoms. The fraction of sp³-hybridized carbons (Fsp3) is 0.720. The number of benzene rings is 1. The van der Waals surface area contributed by atoms with Crippen LogP contribution in [0.4, 0.5) is 11.4 Å². The Bertz CT molecular complexity index is 897. The molecule has 1 aliphatic carbocycles. The molecule has 0 unspecified atom stereocenters. The molecule has 1 saturated carbocycles. The zero-order valence-electron chi connectivity index (χ0n) is 20.8. The van der Waals surface area contributed by atoms with Crippen LogP contribution < -0.4 is 14.9 Å². The van der Waals surface area contributed by atoms with E-state index < -0.39 is 14.8 Å². The Hall–Kier alpha value is -1.64. The van der Waals surface area contributed by atoms with Crippen LogP contribution in [0.25, 0.3) is 0 Å². The average Bonchev–Trinajstić information content (AvgIpc) is 2.79. The van der Waals surface area contributed by atoms with Crippen molar-refractivity contribution in [2.75, 3.05) is 29.9 Å². The standard InChI is InChI=1S/C25H41N3O4S/c1-6-25(7-2)18-28(16-17-32-25)22-14-12-20(13-15-22)26-23(29)19-8-10-21(11-9-19)27-33(30,31)24(3,4)5/h12-15,19,21,27H,6-11,16-18H2,1-5H3,(H,26,29). The van der Waals surface area contributed by atoms with Crippen LogP contribution in [0.15, 0.2) is 24.3 Å². The lowest BCUT2D eigenvalue weighted by molar-refractivity contribution is -0.120. The van der Waals surface area contributed by atoms with E-state index in [1.54, 1.807) is 20.8 Å². The van der Waals surface area contributed by atoms with Gasteiger partial charge in [-0.3, -0.25) is 4.79 Å². The molecule has 0 atom stereocenters. The van der Waals surface area contributed by atoms with Crippen molar-refractivity contribution in [2.45, 2.75) is 89.5 Å². The lowest BCUT2D eigenvalue weighted by Gasteiger charge is -2.43. The minimum atomic E-state index is -3.37.